The maximum Gasteiger partial charge on any atom is 0.268 e. The molecule has 1 amide bonds. The van der Waals surface area contributed by atoms with Crippen molar-refractivity contribution in [2.45, 2.75) is 431 Å². The average Bonchev–Trinajstić information content (AvgIpc) is 3.68. The second-order valence-corrected chi connectivity index (χ2v) is 30.2. The van der Waals surface area contributed by atoms with E-state index in [0.717, 1.165) is 44.9 Å². The Bertz CT molecular complexity index is 1550. The fraction of sp³-hybridized carbons (Fsp3) is 0.912. The van der Waals surface area contributed by atoms with Gasteiger partial charge in [0.1, 0.15) is 13.2 Å². The van der Waals surface area contributed by atoms with E-state index in [1.165, 1.54) is 353 Å². The number of carbonyl (C=O) groups excluding carboxylic acids is 1. The monoisotopic (exact) mass is 1270 g/mol. The number of phosphoric acid groups is 1. The first kappa shape index (κ1) is 87.7. The van der Waals surface area contributed by atoms with Gasteiger partial charge >= 0.3 is 0 Å². The van der Waals surface area contributed by atoms with Crippen LogP contribution < -0.4 is 10.2 Å². The van der Waals surface area contributed by atoms with E-state index in [4.69, 9.17) is 9.05 Å². The topological polar surface area (TPSA) is 108 Å². The summed E-state index contributed by atoms with van der Waals surface area (Å²) in [4.78, 5) is 25.7. The van der Waals surface area contributed by atoms with Gasteiger partial charge in [-0.25, -0.2) is 0 Å². The molecule has 89 heavy (non-hydrogen) atoms. The minimum atomic E-state index is -4.62. The SMILES string of the molecule is CCCCCCCCCCCCCCCCCCCCCC/C=C/CC/C=C/CC/C=C/C(O)C(COP(=O)([O-])OCC[N+](C)(C)C)NC(=O)CCCCCCCCCCCCCCCCCCCCCCCCCCCCCCCCCCCCCCC. The predicted octanol–water partition coefficient (Wildman–Crippen LogP) is 25.3. The van der Waals surface area contributed by atoms with Crippen LogP contribution >= 0.6 is 7.82 Å². The quantitative estimate of drug-likeness (QED) is 0.0272. The number of nitrogens with zero attached hydrogens (tertiary/aromatic N) is 1. The third-order valence-corrected chi connectivity index (χ3v) is 19.5. The van der Waals surface area contributed by atoms with Gasteiger partial charge in [-0.15, -0.1) is 0 Å². The molecule has 0 heterocycles. The molecule has 0 bridgehead atoms. The van der Waals surface area contributed by atoms with E-state index in [1.54, 1.807) is 6.08 Å². The largest absolute Gasteiger partial charge is 0.756 e. The average molecular weight is 1270 g/mol. The molecule has 0 aromatic rings. The first-order chi connectivity index (χ1) is 43.5. The van der Waals surface area contributed by atoms with Gasteiger partial charge in [-0.05, 0) is 44.9 Å². The molecule has 0 radical (unpaired) electrons. The number of allylic oxidation sites excluding steroid dienone is 5. The van der Waals surface area contributed by atoms with Gasteiger partial charge in [0.2, 0.25) is 5.91 Å². The highest BCUT2D eigenvalue weighted by molar-refractivity contribution is 7.45. The number of carbonyl (C=O) groups is 1. The van der Waals surface area contributed by atoms with Crippen LogP contribution in [0.4, 0.5) is 0 Å². The van der Waals surface area contributed by atoms with Crippen LogP contribution in [0.1, 0.15) is 418 Å². The van der Waals surface area contributed by atoms with Gasteiger partial charge in [-0.2, -0.15) is 0 Å². The van der Waals surface area contributed by atoms with Crippen LogP contribution in [-0.4, -0.2) is 68.5 Å². The number of quaternary nitrogens is 1. The Balaban J connectivity index is 3.98. The smallest absolute Gasteiger partial charge is 0.268 e. The van der Waals surface area contributed by atoms with Gasteiger partial charge in [-0.3, -0.25) is 9.36 Å². The number of aliphatic hydroxyl groups is 1. The van der Waals surface area contributed by atoms with Crippen LogP contribution in [0.15, 0.2) is 36.5 Å². The van der Waals surface area contributed by atoms with E-state index < -0.39 is 26.6 Å². The summed E-state index contributed by atoms with van der Waals surface area (Å²) >= 11 is 0. The molecule has 0 saturated heterocycles. The first-order valence-electron chi connectivity index (χ1n) is 39.9. The van der Waals surface area contributed by atoms with Crippen molar-refractivity contribution in [3.8, 4) is 0 Å². The lowest BCUT2D eigenvalue weighted by atomic mass is 10.0. The van der Waals surface area contributed by atoms with Crippen molar-refractivity contribution >= 4 is 13.7 Å². The van der Waals surface area contributed by atoms with Crippen LogP contribution in [0.2, 0.25) is 0 Å². The van der Waals surface area contributed by atoms with Crippen molar-refractivity contribution < 1.29 is 32.9 Å². The highest BCUT2D eigenvalue weighted by atomic mass is 31.2. The maximum absolute atomic E-state index is 13.1. The van der Waals surface area contributed by atoms with Gasteiger partial charge in [0.15, 0.2) is 0 Å². The molecule has 0 aromatic carbocycles. The Morgan fingerprint density at radius 2 is 0.629 bits per heavy atom. The van der Waals surface area contributed by atoms with Gasteiger partial charge in [0, 0.05) is 6.42 Å². The fourth-order valence-electron chi connectivity index (χ4n) is 12.4. The standard InChI is InChI=1S/C80H157N2O6P/c1-6-8-10-12-14-16-18-20-22-24-26-28-30-32-34-36-38-39-40-41-42-43-44-46-48-50-52-54-56-58-60-62-64-66-68-70-72-74-80(84)81-78(77-88-89(85,86)87-76-75-82(3,4)5)79(83)73-71-69-67-65-63-61-59-57-55-53-51-49-47-45-37-35-33-31-29-27-25-23-21-19-17-15-13-11-9-7-2/h55,57,63,65,71,73,78-79,83H,6-54,56,58-62,64,66-70,72,74-77H2,1-5H3,(H-,81,84,85,86)/b57-55+,65-63+,73-71+. The third kappa shape index (κ3) is 74.0. The lowest BCUT2D eigenvalue weighted by Gasteiger charge is -2.29. The summed E-state index contributed by atoms with van der Waals surface area (Å²) in [6.45, 7) is 4.69. The summed E-state index contributed by atoms with van der Waals surface area (Å²) in [5, 5.41) is 14.0. The number of rotatable bonds is 75. The van der Waals surface area contributed by atoms with Gasteiger partial charge < -0.3 is 28.8 Å². The normalized spacial score (nSPS) is 13.7. The molecule has 2 N–H and O–H groups in total. The maximum atomic E-state index is 13.1. The molecule has 3 atom stereocenters. The molecule has 0 aromatic heterocycles. The number of unbranched alkanes of at least 4 members (excludes halogenated alkanes) is 58. The van der Waals surface area contributed by atoms with Crippen LogP contribution in [0.5, 0.6) is 0 Å². The van der Waals surface area contributed by atoms with Crippen LogP contribution in [0.3, 0.4) is 0 Å². The van der Waals surface area contributed by atoms with Crippen molar-refractivity contribution in [2.24, 2.45) is 0 Å². The molecule has 0 saturated carbocycles. The second-order valence-electron chi connectivity index (χ2n) is 28.8. The molecule has 0 spiro atoms. The van der Waals surface area contributed by atoms with Crippen molar-refractivity contribution in [2.75, 3.05) is 40.9 Å². The van der Waals surface area contributed by atoms with Crippen molar-refractivity contribution in [3.05, 3.63) is 36.5 Å². The highest BCUT2D eigenvalue weighted by Crippen LogP contribution is 2.38. The number of hydrogen-bond acceptors (Lipinski definition) is 6. The first-order valence-corrected chi connectivity index (χ1v) is 41.3. The predicted molar refractivity (Wildman–Crippen MR) is 390 cm³/mol. The van der Waals surface area contributed by atoms with Crippen LogP contribution in [0, 0.1) is 0 Å². The van der Waals surface area contributed by atoms with Gasteiger partial charge in [-0.1, -0.05) is 403 Å². The molecule has 0 aliphatic carbocycles. The van der Waals surface area contributed by atoms with Gasteiger partial charge in [0.05, 0.1) is 39.9 Å². The van der Waals surface area contributed by atoms with Crippen molar-refractivity contribution in [1.82, 2.24) is 5.32 Å². The highest BCUT2D eigenvalue weighted by Gasteiger charge is 2.23. The van der Waals surface area contributed by atoms with E-state index in [2.05, 4.69) is 43.5 Å². The van der Waals surface area contributed by atoms with E-state index in [1.807, 2.05) is 27.2 Å². The van der Waals surface area contributed by atoms with E-state index in [0.29, 0.717) is 17.4 Å². The molecule has 0 fully saturated rings. The minimum absolute atomic E-state index is 0.00694. The number of aliphatic hydroxyl groups excluding tert-OH is 1. The number of amides is 1. The zero-order valence-corrected chi connectivity index (χ0v) is 61.6. The zero-order valence-electron chi connectivity index (χ0n) is 60.7. The molecular weight excluding hydrogens is 1120 g/mol. The van der Waals surface area contributed by atoms with E-state index >= 15 is 0 Å². The zero-order chi connectivity index (χ0) is 64.8. The Morgan fingerprint density at radius 1 is 0.382 bits per heavy atom. The summed E-state index contributed by atoms with van der Waals surface area (Å²) in [6.07, 6.45) is 96.2. The molecule has 0 aliphatic heterocycles. The lowest BCUT2D eigenvalue weighted by molar-refractivity contribution is -0.870. The summed E-state index contributed by atoms with van der Waals surface area (Å²) in [7, 11) is 1.25. The number of phosphoric ester groups is 1. The Labute approximate surface area is 557 Å². The van der Waals surface area contributed by atoms with E-state index in [-0.39, 0.29) is 12.5 Å². The summed E-state index contributed by atoms with van der Waals surface area (Å²) in [5.74, 6) is -0.202. The summed E-state index contributed by atoms with van der Waals surface area (Å²) in [5.41, 5.74) is 0. The molecule has 528 valence electrons. The van der Waals surface area contributed by atoms with Gasteiger partial charge in [0.25, 0.3) is 7.82 Å². The molecule has 0 aliphatic rings. The minimum Gasteiger partial charge on any atom is -0.756 e. The molecule has 3 unspecified atom stereocenters. The number of hydrogen-bond donors (Lipinski definition) is 2. The number of likely N-dealkylation sites (N-methyl/N-ethyl adjacent to an activating group) is 1. The molecule has 9 heteroatoms. The summed E-state index contributed by atoms with van der Waals surface area (Å²) in [6, 6.07) is -0.910. The second kappa shape index (κ2) is 71.0. The molecule has 8 nitrogen and oxygen atoms in total. The van der Waals surface area contributed by atoms with E-state index in [9.17, 15) is 19.4 Å². The van der Waals surface area contributed by atoms with Crippen molar-refractivity contribution in [1.29, 1.82) is 0 Å². The molecular formula is C80H157N2O6P. The lowest BCUT2D eigenvalue weighted by Crippen LogP contribution is -2.45. The Morgan fingerprint density at radius 3 is 0.910 bits per heavy atom. The van der Waals surface area contributed by atoms with Crippen LogP contribution in [0.25, 0.3) is 0 Å². The Hall–Kier alpha value is -1.28. The Kier molecular flexibility index (Phi) is 70.0. The van der Waals surface area contributed by atoms with Crippen molar-refractivity contribution in [3.63, 3.8) is 0 Å². The third-order valence-electron chi connectivity index (χ3n) is 18.6. The molecule has 0 rings (SSSR count). The fourth-order valence-corrected chi connectivity index (χ4v) is 13.2. The summed E-state index contributed by atoms with van der Waals surface area (Å²) < 4.78 is 23.5. The van der Waals surface area contributed by atoms with Crippen LogP contribution in [-0.2, 0) is 18.4 Å². The number of nitrogens with one attached hydrogen (secondary N) is 1.